The van der Waals surface area contributed by atoms with Gasteiger partial charge in [0.2, 0.25) is 0 Å². The largest absolute Gasteiger partial charge is 0.467 e. The van der Waals surface area contributed by atoms with Gasteiger partial charge in [0.05, 0.1) is 13.7 Å². The van der Waals surface area contributed by atoms with Gasteiger partial charge in [-0.25, -0.2) is 4.79 Å². The predicted molar refractivity (Wildman–Crippen MR) is 60.7 cm³/mol. The normalized spacial score (nSPS) is 34.3. The molecule has 2 heterocycles. The number of carbonyl (C=O) groups excluding carboxylic acids is 1. The van der Waals surface area contributed by atoms with E-state index in [0.717, 1.165) is 5.56 Å². The van der Waals surface area contributed by atoms with Gasteiger partial charge in [0.1, 0.15) is 12.2 Å². The maximum absolute atomic E-state index is 11.4. The molecule has 0 bridgehead atoms. The monoisotopic (exact) mass is 250 g/mol. The van der Waals surface area contributed by atoms with Gasteiger partial charge in [0.25, 0.3) is 0 Å². The first-order valence-electron chi connectivity index (χ1n) is 5.85. The smallest absolute Gasteiger partial charge is 0.337 e. The van der Waals surface area contributed by atoms with Gasteiger partial charge in [0, 0.05) is 5.56 Å². The molecular formula is C13H14O5. The Morgan fingerprint density at radius 1 is 1.28 bits per heavy atom. The molecule has 18 heavy (non-hydrogen) atoms. The number of carbonyl (C=O) groups is 1. The molecule has 2 fully saturated rings. The second-order valence-electron chi connectivity index (χ2n) is 4.29. The Kier molecular flexibility index (Phi) is 3.03. The van der Waals surface area contributed by atoms with Crippen molar-refractivity contribution in [3.8, 4) is 0 Å². The van der Waals surface area contributed by atoms with E-state index in [1.165, 1.54) is 7.11 Å². The third-order valence-electron chi connectivity index (χ3n) is 3.18. The molecule has 2 saturated heterocycles. The second-order valence-corrected chi connectivity index (χ2v) is 4.29. The highest BCUT2D eigenvalue weighted by molar-refractivity contribution is 5.76. The van der Waals surface area contributed by atoms with E-state index >= 15 is 0 Å². The summed E-state index contributed by atoms with van der Waals surface area (Å²) in [5.74, 6) is -0.398. The zero-order chi connectivity index (χ0) is 12.5. The number of hydrogen-bond donors (Lipinski definition) is 0. The van der Waals surface area contributed by atoms with Crippen molar-refractivity contribution in [2.24, 2.45) is 0 Å². The highest BCUT2D eigenvalue weighted by atomic mass is 16.7. The number of hydrogen-bond acceptors (Lipinski definition) is 5. The molecule has 5 heteroatoms. The number of esters is 1. The van der Waals surface area contributed by atoms with E-state index in [0.29, 0.717) is 6.61 Å². The summed E-state index contributed by atoms with van der Waals surface area (Å²) in [5, 5.41) is 0. The summed E-state index contributed by atoms with van der Waals surface area (Å²) in [6, 6.07) is 9.63. The Bertz CT molecular complexity index is 432. The van der Waals surface area contributed by atoms with Crippen LogP contribution in [0, 0.1) is 0 Å². The van der Waals surface area contributed by atoms with Crippen molar-refractivity contribution in [1.82, 2.24) is 0 Å². The summed E-state index contributed by atoms with van der Waals surface area (Å²) in [4.78, 5) is 11.4. The molecule has 2 aliphatic rings. The van der Waals surface area contributed by atoms with Crippen molar-refractivity contribution in [2.75, 3.05) is 13.7 Å². The van der Waals surface area contributed by atoms with Crippen molar-refractivity contribution < 1.29 is 23.7 Å². The van der Waals surface area contributed by atoms with Crippen LogP contribution in [0.15, 0.2) is 30.3 Å². The van der Waals surface area contributed by atoms with Gasteiger partial charge in [-0.05, 0) is 0 Å². The molecule has 0 aromatic heterocycles. The Morgan fingerprint density at radius 2 is 2.06 bits per heavy atom. The Morgan fingerprint density at radius 3 is 2.78 bits per heavy atom. The summed E-state index contributed by atoms with van der Waals surface area (Å²) in [6.45, 7) is 0.428. The van der Waals surface area contributed by atoms with Crippen LogP contribution in [-0.2, 0) is 23.7 Å². The topological polar surface area (TPSA) is 54.0 Å². The van der Waals surface area contributed by atoms with E-state index in [1.54, 1.807) is 0 Å². The maximum atomic E-state index is 11.4. The number of methoxy groups -OCH3 is 1. The summed E-state index contributed by atoms with van der Waals surface area (Å²) in [5.41, 5.74) is 0.937. The highest BCUT2D eigenvalue weighted by Crippen LogP contribution is 2.36. The molecule has 0 spiro atoms. The second kappa shape index (κ2) is 4.68. The van der Waals surface area contributed by atoms with Crippen LogP contribution in [0.25, 0.3) is 0 Å². The number of ether oxygens (including phenoxy) is 4. The minimum absolute atomic E-state index is 0.172. The fourth-order valence-corrected chi connectivity index (χ4v) is 2.20. The van der Waals surface area contributed by atoms with Crippen molar-refractivity contribution in [1.29, 1.82) is 0 Å². The zero-order valence-electron chi connectivity index (χ0n) is 9.94. The van der Waals surface area contributed by atoms with Crippen molar-refractivity contribution in [2.45, 2.75) is 24.6 Å². The minimum atomic E-state index is -0.630. The van der Waals surface area contributed by atoms with Crippen LogP contribution in [0.1, 0.15) is 11.9 Å². The fraction of sp³-hybridized carbons (Fsp3) is 0.462. The van der Waals surface area contributed by atoms with Crippen LogP contribution in [0.4, 0.5) is 0 Å². The third-order valence-corrected chi connectivity index (χ3v) is 3.18. The molecule has 4 atom stereocenters. The Hall–Kier alpha value is -1.43. The average Bonchev–Trinajstić information content (AvgIpc) is 2.41. The van der Waals surface area contributed by atoms with E-state index in [4.69, 9.17) is 14.2 Å². The molecule has 3 rings (SSSR count). The lowest BCUT2D eigenvalue weighted by molar-refractivity contribution is -0.347. The number of rotatable bonds is 2. The van der Waals surface area contributed by atoms with Crippen LogP contribution >= 0.6 is 0 Å². The average molecular weight is 250 g/mol. The van der Waals surface area contributed by atoms with Gasteiger partial charge in [-0.3, -0.25) is 0 Å². The van der Waals surface area contributed by atoms with Crippen molar-refractivity contribution in [3.63, 3.8) is 0 Å². The molecule has 0 amide bonds. The van der Waals surface area contributed by atoms with Gasteiger partial charge in [-0.15, -0.1) is 0 Å². The lowest BCUT2D eigenvalue weighted by Gasteiger charge is -2.47. The number of fused-ring (bicyclic) bond motifs is 1. The van der Waals surface area contributed by atoms with E-state index in [-0.39, 0.29) is 12.2 Å². The fourth-order valence-electron chi connectivity index (χ4n) is 2.20. The van der Waals surface area contributed by atoms with Crippen molar-refractivity contribution in [3.05, 3.63) is 35.9 Å². The highest BCUT2D eigenvalue weighted by Gasteiger charge is 2.52. The summed E-state index contributed by atoms with van der Waals surface area (Å²) in [6.07, 6.45) is -1.52. The lowest BCUT2D eigenvalue weighted by Crippen LogP contribution is -2.63. The molecule has 4 unspecified atom stereocenters. The van der Waals surface area contributed by atoms with Gasteiger partial charge < -0.3 is 18.9 Å². The standard InChI is InChI=1S/C13H14O5/c1-15-12(14)11-10-9(17-11)7-16-13(18-10)8-5-3-2-4-6-8/h2-6,9-11,13H,7H2,1H3. The van der Waals surface area contributed by atoms with Gasteiger partial charge in [0.15, 0.2) is 12.4 Å². The SMILES string of the molecule is COC(=O)C1OC2COC(c3ccccc3)OC21. The lowest BCUT2D eigenvalue weighted by atomic mass is 10.00. The number of benzene rings is 1. The Labute approximate surface area is 105 Å². The van der Waals surface area contributed by atoms with E-state index < -0.39 is 18.4 Å². The minimum Gasteiger partial charge on any atom is -0.467 e. The first-order chi connectivity index (χ1) is 8.79. The molecule has 5 nitrogen and oxygen atoms in total. The van der Waals surface area contributed by atoms with Crippen molar-refractivity contribution >= 4 is 5.97 Å². The Balaban J connectivity index is 1.70. The van der Waals surface area contributed by atoms with E-state index in [2.05, 4.69) is 4.74 Å². The molecule has 1 aromatic carbocycles. The predicted octanol–water partition coefficient (Wildman–Crippen LogP) is 1.04. The van der Waals surface area contributed by atoms with Gasteiger partial charge in [-0.1, -0.05) is 30.3 Å². The van der Waals surface area contributed by atoms with Gasteiger partial charge >= 0.3 is 5.97 Å². The van der Waals surface area contributed by atoms with Crippen LogP contribution in [0.3, 0.4) is 0 Å². The van der Waals surface area contributed by atoms with Gasteiger partial charge in [-0.2, -0.15) is 0 Å². The molecule has 0 N–H and O–H groups in total. The van der Waals surface area contributed by atoms with Crippen LogP contribution in [0.5, 0.6) is 0 Å². The summed E-state index contributed by atoms with van der Waals surface area (Å²) in [7, 11) is 1.34. The third kappa shape index (κ3) is 1.90. The van der Waals surface area contributed by atoms with E-state index in [1.807, 2.05) is 30.3 Å². The summed E-state index contributed by atoms with van der Waals surface area (Å²) < 4.78 is 21.3. The van der Waals surface area contributed by atoms with Crippen LogP contribution < -0.4 is 0 Å². The quantitative estimate of drug-likeness (QED) is 0.734. The molecule has 0 saturated carbocycles. The molecular weight excluding hydrogens is 236 g/mol. The molecule has 1 aromatic rings. The first kappa shape index (κ1) is 11.6. The molecule has 2 aliphatic heterocycles. The summed E-state index contributed by atoms with van der Waals surface area (Å²) >= 11 is 0. The first-order valence-corrected chi connectivity index (χ1v) is 5.85. The van der Waals surface area contributed by atoms with E-state index in [9.17, 15) is 4.79 Å². The maximum Gasteiger partial charge on any atom is 0.337 e. The molecule has 0 radical (unpaired) electrons. The van der Waals surface area contributed by atoms with Crippen LogP contribution in [0.2, 0.25) is 0 Å². The van der Waals surface area contributed by atoms with Crippen LogP contribution in [-0.4, -0.2) is 38.0 Å². The zero-order valence-corrected chi connectivity index (χ0v) is 9.94. The molecule has 96 valence electrons. The molecule has 0 aliphatic carbocycles.